The van der Waals surface area contributed by atoms with Crippen LogP contribution in [0.2, 0.25) is 0 Å². The molecule has 0 spiro atoms. The molecule has 10 heavy (non-hydrogen) atoms. The lowest BCUT2D eigenvalue weighted by Crippen LogP contribution is -2.20. The Bertz CT molecular complexity index is 131. The van der Waals surface area contributed by atoms with Gasteiger partial charge in [0.2, 0.25) is 0 Å². The van der Waals surface area contributed by atoms with Crippen LogP contribution < -0.4 is 0 Å². The zero-order valence-electron chi connectivity index (χ0n) is 6.89. The maximum Gasteiger partial charge on any atom is 0.0836 e. The van der Waals surface area contributed by atoms with Crippen molar-refractivity contribution in [3.05, 3.63) is 12.7 Å². The second kappa shape index (κ2) is 2.75. The van der Waals surface area contributed by atoms with Crippen molar-refractivity contribution < 1.29 is 4.74 Å². The molecular weight excluding hydrogens is 124 g/mol. The molecule has 2 unspecified atom stereocenters. The first kappa shape index (κ1) is 7.80. The standard InChI is InChI=1S/C9H16O/c1-4-8-6-7-9(3,5-2)10-8/h5,8H,2,4,6-7H2,1,3H3. The average molecular weight is 140 g/mol. The van der Waals surface area contributed by atoms with E-state index in [0.717, 1.165) is 12.8 Å². The van der Waals surface area contributed by atoms with Crippen LogP contribution in [0.25, 0.3) is 0 Å². The average Bonchev–Trinajstić information content (AvgIpc) is 2.33. The highest BCUT2D eigenvalue weighted by molar-refractivity contribution is 4.98. The summed E-state index contributed by atoms with van der Waals surface area (Å²) < 4.78 is 5.73. The van der Waals surface area contributed by atoms with Crippen molar-refractivity contribution in [3.8, 4) is 0 Å². The monoisotopic (exact) mass is 140 g/mol. The molecule has 1 aliphatic rings. The summed E-state index contributed by atoms with van der Waals surface area (Å²) in [6, 6.07) is 0. The Balaban J connectivity index is 2.48. The first-order valence-corrected chi connectivity index (χ1v) is 4.01. The molecule has 0 radical (unpaired) electrons. The summed E-state index contributed by atoms with van der Waals surface area (Å²) in [6.45, 7) is 8.03. The zero-order chi connectivity index (χ0) is 7.61. The highest BCUT2D eigenvalue weighted by atomic mass is 16.5. The quantitative estimate of drug-likeness (QED) is 0.535. The van der Waals surface area contributed by atoms with E-state index in [2.05, 4.69) is 20.4 Å². The van der Waals surface area contributed by atoms with Crippen molar-refractivity contribution in [2.75, 3.05) is 0 Å². The normalized spacial score (nSPS) is 40.0. The van der Waals surface area contributed by atoms with E-state index < -0.39 is 0 Å². The molecule has 1 heterocycles. The van der Waals surface area contributed by atoms with Gasteiger partial charge in [-0.15, -0.1) is 6.58 Å². The summed E-state index contributed by atoms with van der Waals surface area (Å²) >= 11 is 0. The van der Waals surface area contributed by atoms with Gasteiger partial charge in [0.05, 0.1) is 11.7 Å². The van der Waals surface area contributed by atoms with Gasteiger partial charge in [0.15, 0.2) is 0 Å². The van der Waals surface area contributed by atoms with E-state index in [1.54, 1.807) is 0 Å². The van der Waals surface area contributed by atoms with Crippen molar-refractivity contribution in [1.82, 2.24) is 0 Å². The Morgan fingerprint density at radius 1 is 1.80 bits per heavy atom. The van der Waals surface area contributed by atoms with E-state index in [-0.39, 0.29) is 5.60 Å². The van der Waals surface area contributed by atoms with Crippen LogP contribution in [0.5, 0.6) is 0 Å². The molecule has 1 nitrogen and oxygen atoms in total. The summed E-state index contributed by atoms with van der Waals surface area (Å²) in [7, 11) is 0. The Morgan fingerprint density at radius 3 is 2.80 bits per heavy atom. The highest BCUT2D eigenvalue weighted by Crippen LogP contribution is 2.31. The first-order chi connectivity index (χ1) is 4.70. The maximum atomic E-state index is 5.73. The summed E-state index contributed by atoms with van der Waals surface area (Å²) in [6.07, 6.45) is 5.85. The summed E-state index contributed by atoms with van der Waals surface area (Å²) in [5.41, 5.74) is -0.0271. The minimum absolute atomic E-state index is 0.0271. The van der Waals surface area contributed by atoms with Crippen LogP contribution in [0, 0.1) is 0 Å². The largest absolute Gasteiger partial charge is 0.368 e. The highest BCUT2D eigenvalue weighted by Gasteiger charge is 2.31. The van der Waals surface area contributed by atoms with Crippen LogP contribution in [-0.4, -0.2) is 11.7 Å². The third-order valence-electron chi connectivity index (χ3n) is 2.29. The Labute approximate surface area is 63.1 Å². The molecule has 0 bridgehead atoms. The van der Waals surface area contributed by atoms with Gasteiger partial charge in [-0.1, -0.05) is 13.0 Å². The minimum atomic E-state index is -0.0271. The van der Waals surface area contributed by atoms with Crippen molar-refractivity contribution in [3.63, 3.8) is 0 Å². The lowest BCUT2D eigenvalue weighted by atomic mass is 10.0. The number of rotatable bonds is 2. The zero-order valence-corrected chi connectivity index (χ0v) is 6.89. The predicted molar refractivity (Wildman–Crippen MR) is 43.0 cm³/mol. The molecule has 1 rings (SSSR count). The fourth-order valence-electron chi connectivity index (χ4n) is 1.38. The smallest absolute Gasteiger partial charge is 0.0836 e. The third kappa shape index (κ3) is 1.40. The van der Waals surface area contributed by atoms with Crippen LogP contribution in [-0.2, 0) is 4.74 Å². The molecular formula is C9H16O. The second-order valence-electron chi connectivity index (χ2n) is 3.20. The number of ether oxygens (including phenoxy) is 1. The van der Waals surface area contributed by atoms with Crippen molar-refractivity contribution >= 4 is 0 Å². The summed E-state index contributed by atoms with van der Waals surface area (Å²) in [4.78, 5) is 0. The number of hydrogen-bond donors (Lipinski definition) is 0. The van der Waals surface area contributed by atoms with Crippen molar-refractivity contribution in [2.24, 2.45) is 0 Å². The topological polar surface area (TPSA) is 9.23 Å². The molecule has 0 N–H and O–H groups in total. The summed E-state index contributed by atoms with van der Waals surface area (Å²) in [5.74, 6) is 0. The fourth-order valence-corrected chi connectivity index (χ4v) is 1.38. The van der Waals surface area contributed by atoms with Crippen molar-refractivity contribution in [2.45, 2.75) is 44.8 Å². The predicted octanol–water partition coefficient (Wildman–Crippen LogP) is 2.52. The van der Waals surface area contributed by atoms with Gasteiger partial charge in [0.25, 0.3) is 0 Å². The maximum absolute atomic E-state index is 5.73. The van der Waals surface area contributed by atoms with Gasteiger partial charge in [0, 0.05) is 0 Å². The Morgan fingerprint density at radius 2 is 2.50 bits per heavy atom. The molecule has 58 valence electrons. The minimum Gasteiger partial charge on any atom is -0.368 e. The van der Waals surface area contributed by atoms with Gasteiger partial charge >= 0.3 is 0 Å². The molecule has 0 aromatic rings. The van der Waals surface area contributed by atoms with Gasteiger partial charge in [0.1, 0.15) is 0 Å². The first-order valence-electron chi connectivity index (χ1n) is 4.01. The molecule has 0 amide bonds. The van der Waals surface area contributed by atoms with Gasteiger partial charge in [-0.2, -0.15) is 0 Å². The van der Waals surface area contributed by atoms with E-state index in [9.17, 15) is 0 Å². The van der Waals surface area contributed by atoms with Gasteiger partial charge in [-0.3, -0.25) is 0 Å². The molecule has 0 aromatic carbocycles. The molecule has 0 aromatic heterocycles. The van der Waals surface area contributed by atoms with Gasteiger partial charge < -0.3 is 4.74 Å². The van der Waals surface area contributed by atoms with Crippen LogP contribution in [0.4, 0.5) is 0 Å². The third-order valence-corrected chi connectivity index (χ3v) is 2.29. The van der Waals surface area contributed by atoms with E-state index >= 15 is 0 Å². The molecule has 0 aliphatic carbocycles. The van der Waals surface area contributed by atoms with E-state index in [1.807, 2.05) is 6.08 Å². The molecule has 1 aliphatic heterocycles. The van der Waals surface area contributed by atoms with Crippen molar-refractivity contribution in [1.29, 1.82) is 0 Å². The van der Waals surface area contributed by atoms with Crippen LogP contribution in [0.1, 0.15) is 33.1 Å². The van der Waals surface area contributed by atoms with Gasteiger partial charge in [-0.25, -0.2) is 0 Å². The van der Waals surface area contributed by atoms with E-state index in [0.29, 0.717) is 6.10 Å². The molecule has 1 fully saturated rings. The lowest BCUT2D eigenvalue weighted by Gasteiger charge is -2.19. The van der Waals surface area contributed by atoms with E-state index in [4.69, 9.17) is 4.74 Å². The SMILES string of the molecule is C=CC1(C)CCC(CC)O1. The van der Waals surface area contributed by atoms with E-state index in [1.165, 1.54) is 6.42 Å². The molecule has 1 heteroatoms. The Kier molecular flexibility index (Phi) is 2.14. The lowest BCUT2D eigenvalue weighted by molar-refractivity contribution is 0.00379. The number of hydrogen-bond acceptors (Lipinski definition) is 1. The molecule has 0 saturated carbocycles. The van der Waals surface area contributed by atoms with Crippen LogP contribution in [0.3, 0.4) is 0 Å². The van der Waals surface area contributed by atoms with Crippen LogP contribution >= 0.6 is 0 Å². The summed E-state index contributed by atoms with van der Waals surface area (Å²) in [5, 5.41) is 0. The molecule has 2 atom stereocenters. The second-order valence-corrected chi connectivity index (χ2v) is 3.20. The Hall–Kier alpha value is -0.300. The molecule has 1 saturated heterocycles. The fraction of sp³-hybridized carbons (Fsp3) is 0.778. The van der Waals surface area contributed by atoms with Gasteiger partial charge in [-0.05, 0) is 26.2 Å². The van der Waals surface area contributed by atoms with Crippen LogP contribution in [0.15, 0.2) is 12.7 Å².